The van der Waals surface area contributed by atoms with E-state index < -0.39 is 0 Å². The van der Waals surface area contributed by atoms with Gasteiger partial charge < -0.3 is 10.7 Å². The van der Waals surface area contributed by atoms with Crippen LogP contribution in [0, 0.1) is 0 Å². The number of nitrogens with zero attached hydrogens (tertiary/aromatic N) is 1. The maximum absolute atomic E-state index is 5.76. The van der Waals surface area contributed by atoms with Gasteiger partial charge in [-0.05, 0) is 30.4 Å². The van der Waals surface area contributed by atoms with Crippen LogP contribution in [0.15, 0.2) is 30.5 Å². The van der Waals surface area contributed by atoms with E-state index in [0.29, 0.717) is 5.92 Å². The summed E-state index contributed by atoms with van der Waals surface area (Å²) in [6, 6.07) is 8.89. The highest BCUT2D eigenvalue weighted by Gasteiger charge is 2.05. The number of aryl methyl sites for hydroxylation is 1. The van der Waals surface area contributed by atoms with Gasteiger partial charge in [-0.25, -0.2) is 4.98 Å². The van der Waals surface area contributed by atoms with Gasteiger partial charge in [0.15, 0.2) is 0 Å². The van der Waals surface area contributed by atoms with Crippen LogP contribution in [0.4, 0.5) is 0 Å². The van der Waals surface area contributed by atoms with Gasteiger partial charge in [-0.15, -0.1) is 0 Å². The molecule has 0 aliphatic heterocycles. The number of aromatic nitrogens is 2. The maximum atomic E-state index is 5.76. The molecule has 1 unspecified atom stereocenters. The summed E-state index contributed by atoms with van der Waals surface area (Å²) in [7, 11) is 0. The van der Waals surface area contributed by atoms with Crippen molar-refractivity contribution in [1.82, 2.24) is 9.97 Å². The maximum Gasteiger partial charge on any atom is 0.106 e. The first-order valence-electron chi connectivity index (χ1n) is 6.96. The summed E-state index contributed by atoms with van der Waals surface area (Å²) >= 11 is 0. The number of hydrogen-bond donors (Lipinski definition) is 2. The van der Waals surface area contributed by atoms with Crippen LogP contribution in [0.1, 0.15) is 44.5 Å². The van der Waals surface area contributed by atoms with Gasteiger partial charge in [0.05, 0.1) is 11.9 Å². The number of rotatable bonds is 5. The minimum atomic E-state index is 0.221. The zero-order valence-electron chi connectivity index (χ0n) is 12.0. The molecular formula is C16H23N3. The Bertz CT molecular complexity index is 509. The van der Waals surface area contributed by atoms with Crippen molar-refractivity contribution in [1.29, 1.82) is 0 Å². The van der Waals surface area contributed by atoms with Crippen LogP contribution in [-0.4, -0.2) is 16.0 Å². The third-order valence-electron chi connectivity index (χ3n) is 3.35. The molecule has 3 nitrogen and oxygen atoms in total. The Morgan fingerprint density at radius 1 is 1.16 bits per heavy atom. The molecule has 0 bridgehead atoms. The number of aromatic amines is 1. The van der Waals surface area contributed by atoms with Gasteiger partial charge in [-0.3, -0.25) is 0 Å². The van der Waals surface area contributed by atoms with Gasteiger partial charge in [0, 0.05) is 12.5 Å². The van der Waals surface area contributed by atoms with Crippen LogP contribution < -0.4 is 5.73 Å². The molecule has 1 heterocycles. The SMILES string of the molecule is CC(N)CCc1ncc(-c2ccc(C(C)C)cc2)[nH]1. The smallest absolute Gasteiger partial charge is 0.106 e. The summed E-state index contributed by atoms with van der Waals surface area (Å²) in [5.41, 5.74) is 9.39. The van der Waals surface area contributed by atoms with E-state index >= 15 is 0 Å². The molecule has 3 N–H and O–H groups in total. The fourth-order valence-corrected chi connectivity index (χ4v) is 2.05. The first-order chi connectivity index (χ1) is 9.06. The normalized spacial score (nSPS) is 12.9. The van der Waals surface area contributed by atoms with Gasteiger partial charge in [0.1, 0.15) is 5.82 Å². The van der Waals surface area contributed by atoms with Crippen molar-refractivity contribution < 1.29 is 0 Å². The Kier molecular flexibility index (Phi) is 4.38. The third kappa shape index (κ3) is 3.67. The van der Waals surface area contributed by atoms with E-state index in [9.17, 15) is 0 Å². The van der Waals surface area contributed by atoms with E-state index in [-0.39, 0.29) is 6.04 Å². The van der Waals surface area contributed by atoms with E-state index in [1.165, 1.54) is 11.1 Å². The molecule has 0 radical (unpaired) electrons. The van der Waals surface area contributed by atoms with Crippen LogP contribution in [-0.2, 0) is 6.42 Å². The van der Waals surface area contributed by atoms with Crippen molar-refractivity contribution in [3.05, 3.63) is 41.9 Å². The number of H-pyrrole nitrogens is 1. The molecular weight excluding hydrogens is 234 g/mol. The molecule has 0 saturated heterocycles. The molecule has 0 fully saturated rings. The number of nitrogens with one attached hydrogen (secondary N) is 1. The molecule has 0 spiro atoms. The second kappa shape index (κ2) is 6.02. The number of imidazole rings is 1. The lowest BCUT2D eigenvalue weighted by atomic mass is 10.0. The Balaban J connectivity index is 2.09. The van der Waals surface area contributed by atoms with Crippen LogP contribution in [0.3, 0.4) is 0 Å². The molecule has 19 heavy (non-hydrogen) atoms. The molecule has 1 aromatic heterocycles. The highest BCUT2D eigenvalue weighted by molar-refractivity contribution is 5.58. The van der Waals surface area contributed by atoms with Crippen LogP contribution in [0.25, 0.3) is 11.3 Å². The van der Waals surface area contributed by atoms with Gasteiger partial charge in [0.25, 0.3) is 0 Å². The second-order valence-corrected chi connectivity index (χ2v) is 5.54. The largest absolute Gasteiger partial charge is 0.342 e. The topological polar surface area (TPSA) is 54.7 Å². The second-order valence-electron chi connectivity index (χ2n) is 5.54. The molecule has 1 atom stereocenters. The Labute approximate surface area is 115 Å². The molecule has 3 heteroatoms. The van der Waals surface area contributed by atoms with Gasteiger partial charge in [0.2, 0.25) is 0 Å². The molecule has 0 aliphatic rings. The fraction of sp³-hybridized carbons (Fsp3) is 0.438. The van der Waals surface area contributed by atoms with Gasteiger partial charge in [-0.2, -0.15) is 0 Å². The first-order valence-corrected chi connectivity index (χ1v) is 6.96. The molecule has 2 rings (SSSR count). The average Bonchev–Trinajstić information content (AvgIpc) is 2.85. The van der Waals surface area contributed by atoms with Crippen molar-refractivity contribution in [2.24, 2.45) is 5.73 Å². The zero-order valence-corrected chi connectivity index (χ0v) is 12.0. The standard InChI is InChI=1S/C16H23N3/c1-11(2)13-5-7-14(8-6-13)15-10-18-16(19-15)9-4-12(3)17/h5-8,10-12H,4,9,17H2,1-3H3,(H,18,19). The molecule has 0 saturated carbocycles. The number of benzene rings is 1. The van der Waals surface area contributed by atoms with E-state index in [1.54, 1.807) is 0 Å². The minimum Gasteiger partial charge on any atom is -0.342 e. The van der Waals surface area contributed by atoms with Gasteiger partial charge >= 0.3 is 0 Å². The van der Waals surface area contributed by atoms with Crippen molar-refractivity contribution in [3.8, 4) is 11.3 Å². The molecule has 0 aliphatic carbocycles. The van der Waals surface area contributed by atoms with E-state index in [1.807, 2.05) is 13.1 Å². The first kappa shape index (κ1) is 13.8. The Morgan fingerprint density at radius 2 is 1.84 bits per heavy atom. The number of hydrogen-bond acceptors (Lipinski definition) is 2. The number of nitrogens with two attached hydrogens (primary N) is 1. The summed E-state index contributed by atoms with van der Waals surface area (Å²) in [4.78, 5) is 7.78. The predicted molar refractivity (Wildman–Crippen MR) is 80.1 cm³/mol. The third-order valence-corrected chi connectivity index (χ3v) is 3.35. The summed E-state index contributed by atoms with van der Waals surface area (Å²) in [6.07, 6.45) is 3.77. The summed E-state index contributed by atoms with van der Waals surface area (Å²) < 4.78 is 0. The lowest BCUT2D eigenvalue weighted by Gasteiger charge is -2.05. The van der Waals surface area contributed by atoms with E-state index in [4.69, 9.17) is 5.73 Å². The van der Waals surface area contributed by atoms with Crippen LogP contribution >= 0.6 is 0 Å². The van der Waals surface area contributed by atoms with Crippen molar-refractivity contribution >= 4 is 0 Å². The highest BCUT2D eigenvalue weighted by atomic mass is 14.9. The molecule has 2 aromatic rings. The van der Waals surface area contributed by atoms with Crippen LogP contribution in [0.2, 0.25) is 0 Å². The van der Waals surface area contributed by atoms with Crippen LogP contribution in [0.5, 0.6) is 0 Å². The van der Waals surface area contributed by atoms with E-state index in [0.717, 1.165) is 24.4 Å². The van der Waals surface area contributed by atoms with E-state index in [2.05, 4.69) is 48.1 Å². The lowest BCUT2D eigenvalue weighted by Crippen LogP contribution is -2.15. The molecule has 102 valence electrons. The molecule has 0 amide bonds. The van der Waals surface area contributed by atoms with Gasteiger partial charge in [-0.1, -0.05) is 38.1 Å². The minimum absolute atomic E-state index is 0.221. The Hall–Kier alpha value is -1.61. The summed E-state index contributed by atoms with van der Waals surface area (Å²) in [6.45, 7) is 6.43. The summed E-state index contributed by atoms with van der Waals surface area (Å²) in [5, 5.41) is 0. The lowest BCUT2D eigenvalue weighted by molar-refractivity contribution is 0.652. The van der Waals surface area contributed by atoms with Crippen molar-refractivity contribution in [2.75, 3.05) is 0 Å². The monoisotopic (exact) mass is 257 g/mol. The highest BCUT2D eigenvalue weighted by Crippen LogP contribution is 2.21. The predicted octanol–water partition coefficient (Wildman–Crippen LogP) is 3.48. The zero-order chi connectivity index (χ0) is 13.8. The Morgan fingerprint density at radius 3 is 2.42 bits per heavy atom. The van der Waals surface area contributed by atoms with Crippen molar-refractivity contribution in [2.45, 2.75) is 45.6 Å². The quantitative estimate of drug-likeness (QED) is 0.861. The fourth-order valence-electron chi connectivity index (χ4n) is 2.05. The van der Waals surface area contributed by atoms with Crippen molar-refractivity contribution in [3.63, 3.8) is 0 Å². The summed E-state index contributed by atoms with van der Waals surface area (Å²) in [5.74, 6) is 1.58. The average molecular weight is 257 g/mol. The molecule has 1 aromatic carbocycles.